The number of fused-ring (bicyclic) bond motifs is 1. The maximum Gasteiger partial charge on any atom is 0.251 e. The fourth-order valence-corrected chi connectivity index (χ4v) is 4.22. The smallest absolute Gasteiger partial charge is 0.251 e. The molecule has 31 heavy (non-hydrogen) atoms. The van der Waals surface area contributed by atoms with E-state index in [2.05, 4.69) is 15.6 Å². The van der Waals surface area contributed by atoms with Crippen LogP contribution in [-0.2, 0) is 4.79 Å². The fraction of sp³-hybridized carbons (Fsp3) is 0.320. The molecule has 160 valence electrons. The van der Waals surface area contributed by atoms with Crippen LogP contribution in [0.1, 0.15) is 54.1 Å². The third-order valence-corrected chi connectivity index (χ3v) is 6.02. The van der Waals surface area contributed by atoms with Gasteiger partial charge in [-0.15, -0.1) is 0 Å². The van der Waals surface area contributed by atoms with Gasteiger partial charge in [-0.2, -0.15) is 0 Å². The van der Waals surface area contributed by atoms with Gasteiger partial charge in [0.25, 0.3) is 5.91 Å². The lowest BCUT2D eigenvalue weighted by Crippen LogP contribution is -2.40. The minimum Gasteiger partial charge on any atom is -0.383 e. The fourth-order valence-electron chi connectivity index (χ4n) is 4.22. The Balaban J connectivity index is 1.50. The van der Waals surface area contributed by atoms with Crippen molar-refractivity contribution in [3.8, 4) is 0 Å². The van der Waals surface area contributed by atoms with Gasteiger partial charge in [0.15, 0.2) is 0 Å². The lowest BCUT2D eigenvalue weighted by Gasteiger charge is -2.24. The third kappa shape index (κ3) is 5.02. The number of rotatable bonds is 6. The second-order valence-electron chi connectivity index (χ2n) is 8.15. The first-order valence-corrected chi connectivity index (χ1v) is 10.9. The van der Waals surface area contributed by atoms with Crippen LogP contribution in [-0.4, -0.2) is 23.3 Å². The lowest BCUT2D eigenvalue weighted by atomic mass is 9.88. The van der Waals surface area contributed by atoms with E-state index in [0.29, 0.717) is 17.9 Å². The van der Waals surface area contributed by atoms with Crippen molar-refractivity contribution in [1.82, 2.24) is 15.6 Å². The maximum atomic E-state index is 13.0. The molecule has 1 atom stereocenters. The number of pyridine rings is 1. The predicted molar refractivity (Wildman–Crippen MR) is 122 cm³/mol. The molecule has 0 spiro atoms. The van der Waals surface area contributed by atoms with Crippen molar-refractivity contribution in [3.63, 3.8) is 0 Å². The first-order chi connectivity index (χ1) is 15.1. The monoisotopic (exact) mass is 416 g/mol. The zero-order valence-electron chi connectivity index (χ0n) is 17.5. The number of hydrogen-bond acceptors (Lipinski definition) is 4. The molecule has 4 rings (SSSR count). The normalized spacial score (nSPS) is 15.4. The number of nitrogens with zero attached hydrogens (tertiary/aromatic N) is 1. The van der Waals surface area contributed by atoms with E-state index >= 15 is 0 Å². The number of nitrogen functional groups attached to an aromatic ring is 1. The Bertz CT molecular complexity index is 1060. The van der Waals surface area contributed by atoms with Gasteiger partial charge in [-0.05, 0) is 42.0 Å². The van der Waals surface area contributed by atoms with Gasteiger partial charge in [0.1, 0.15) is 5.82 Å². The van der Waals surface area contributed by atoms with Crippen molar-refractivity contribution in [2.75, 3.05) is 12.3 Å². The molecule has 0 bridgehead atoms. The molecule has 6 heteroatoms. The van der Waals surface area contributed by atoms with E-state index in [9.17, 15) is 9.59 Å². The molecule has 4 N–H and O–H groups in total. The zero-order valence-corrected chi connectivity index (χ0v) is 17.5. The standard InChI is InChI=1S/C25H28N4O2/c26-23-21-15-20(12-11-17(21)13-14-27-23)25(31)29-22(18-7-3-1-4-8-18)16-28-24(30)19-9-5-2-6-10-19/h1,3-4,7-8,11-15,19,22H,2,5-6,9-10,16H2,(H2,26,27)(H,28,30)(H,29,31)/t22-/m0/s1. The van der Waals surface area contributed by atoms with Crippen LogP contribution in [0, 0.1) is 5.92 Å². The van der Waals surface area contributed by atoms with Crippen LogP contribution in [0.5, 0.6) is 0 Å². The highest BCUT2D eigenvalue weighted by Crippen LogP contribution is 2.24. The molecule has 0 unspecified atom stereocenters. The number of hydrogen-bond donors (Lipinski definition) is 3. The largest absolute Gasteiger partial charge is 0.383 e. The number of nitrogens with one attached hydrogen (secondary N) is 2. The summed E-state index contributed by atoms with van der Waals surface area (Å²) in [6.07, 6.45) is 6.96. The second kappa shape index (κ2) is 9.60. The molecule has 0 saturated heterocycles. The number of aromatic nitrogens is 1. The summed E-state index contributed by atoms with van der Waals surface area (Å²) in [6, 6.07) is 16.6. The quantitative estimate of drug-likeness (QED) is 0.566. The van der Waals surface area contributed by atoms with Crippen molar-refractivity contribution in [2.45, 2.75) is 38.1 Å². The highest BCUT2D eigenvalue weighted by atomic mass is 16.2. The Kier molecular flexibility index (Phi) is 6.46. The molecule has 1 saturated carbocycles. The van der Waals surface area contributed by atoms with Gasteiger partial charge in [-0.1, -0.05) is 55.7 Å². The van der Waals surface area contributed by atoms with Gasteiger partial charge in [-0.25, -0.2) is 4.98 Å². The van der Waals surface area contributed by atoms with Crippen LogP contribution in [0.15, 0.2) is 60.8 Å². The topological polar surface area (TPSA) is 97.1 Å². The molecule has 3 aromatic rings. The van der Waals surface area contributed by atoms with Crippen molar-refractivity contribution in [2.24, 2.45) is 5.92 Å². The van der Waals surface area contributed by atoms with Crippen LogP contribution in [0.25, 0.3) is 10.8 Å². The maximum absolute atomic E-state index is 13.0. The zero-order chi connectivity index (χ0) is 21.6. The molecular weight excluding hydrogens is 388 g/mol. The van der Waals surface area contributed by atoms with E-state index in [1.54, 1.807) is 18.3 Å². The van der Waals surface area contributed by atoms with E-state index in [4.69, 9.17) is 5.73 Å². The van der Waals surface area contributed by atoms with Gasteiger partial charge in [-0.3, -0.25) is 9.59 Å². The summed E-state index contributed by atoms with van der Waals surface area (Å²) in [4.78, 5) is 29.8. The van der Waals surface area contributed by atoms with E-state index in [-0.39, 0.29) is 23.8 Å². The average molecular weight is 417 g/mol. The van der Waals surface area contributed by atoms with Gasteiger partial charge in [0.2, 0.25) is 5.91 Å². The van der Waals surface area contributed by atoms with E-state index in [1.165, 1.54) is 6.42 Å². The minimum atomic E-state index is -0.330. The molecule has 1 aliphatic rings. The molecule has 2 amide bonds. The molecule has 6 nitrogen and oxygen atoms in total. The van der Waals surface area contributed by atoms with Crippen molar-refractivity contribution >= 4 is 28.4 Å². The number of carbonyl (C=O) groups excluding carboxylic acids is 2. The Labute approximate surface area is 182 Å². The molecule has 1 heterocycles. The summed E-state index contributed by atoms with van der Waals surface area (Å²) in [5.41, 5.74) is 7.43. The Morgan fingerprint density at radius 2 is 1.81 bits per heavy atom. The predicted octanol–water partition coefficient (Wildman–Crippen LogP) is 3.98. The molecule has 0 radical (unpaired) electrons. The third-order valence-electron chi connectivity index (χ3n) is 6.02. The summed E-state index contributed by atoms with van der Waals surface area (Å²) in [5.74, 6) is 0.341. The average Bonchev–Trinajstić information content (AvgIpc) is 2.82. The summed E-state index contributed by atoms with van der Waals surface area (Å²) in [5, 5.41) is 7.82. The van der Waals surface area contributed by atoms with Crippen LogP contribution < -0.4 is 16.4 Å². The highest BCUT2D eigenvalue weighted by Gasteiger charge is 2.23. The number of anilines is 1. The van der Waals surface area contributed by atoms with Crippen LogP contribution >= 0.6 is 0 Å². The molecule has 2 aromatic carbocycles. The second-order valence-corrected chi connectivity index (χ2v) is 8.15. The van der Waals surface area contributed by atoms with E-state index in [1.807, 2.05) is 42.5 Å². The number of benzene rings is 2. The van der Waals surface area contributed by atoms with Crippen molar-refractivity contribution < 1.29 is 9.59 Å². The summed E-state index contributed by atoms with van der Waals surface area (Å²) in [6.45, 7) is 0.350. The molecule has 1 fully saturated rings. The van der Waals surface area contributed by atoms with Crippen LogP contribution in [0.3, 0.4) is 0 Å². The van der Waals surface area contributed by atoms with Gasteiger partial charge in [0.05, 0.1) is 6.04 Å². The first kappa shape index (κ1) is 20.8. The summed E-state index contributed by atoms with van der Waals surface area (Å²) >= 11 is 0. The van der Waals surface area contributed by atoms with Crippen LogP contribution in [0.2, 0.25) is 0 Å². The molecular formula is C25H28N4O2. The molecule has 1 aromatic heterocycles. The van der Waals surface area contributed by atoms with Gasteiger partial charge >= 0.3 is 0 Å². The van der Waals surface area contributed by atoms with Gasteiger partial charge in [0, 0.05) is 29.6 Å². The number of nitrogens with two attached hydrogens (primary N) is 1. The first-order valence-electron chi connectivity index (χ1n) is 10.9. The van der Waals surface area contributed by atoms with Crippen molar-refractivity contribution in [3.05, 3.63) is 71.9 Å². The van der Waals surface area contributed by atoms with Crippen molar-refractivity contribution in [1.29, 1.82) is 0 Å². The van der Waals surface area contributed by atoms with E-state index < -0.39 is 0 Å². The Morgan fingerprint density at radius 3 is 2.58 bits per heavy atom. The Hall–Kier alpha value is -3.41. The Morgan fingerprint density at radius 1 is 1.03 bits per heavy atom. The lowest BCUT2D eigenvalue weighted by molar-refractivity contribution is -0.126. The number of amides is 2. The van der Waals surface area contributed by atoms with E-state index in [0.717, 1.165) is 42.0 Å². The minimum absolute atomic E-state index is 0.0804. The number of carbonyl (C=O) groups is 2. The van der Waals surface area contributed by atoms with Gasteiger partial charge < -0.3 is 16.4 Å². The summed E-state index contributed by atoms with van der Waals surface area (Å²) in [7, 11) is 0. The highest BCUT2D eigenvalue weighted by molar-refractivity contribution is 6.01. The molecule has 0 aliphatic heterocycles. The molecule has 1 aliphatic carbocycles. The SMILES string of the molecule is Nc1nccc2ccc(C(=O)N[C@@H](CNC(=O)C3CCCCC3)c3ccccc3)cc12. The van der Waals surface area contributed by atoms with Crippen LogP contribution in [0.4, 0.5) is 5.82 Å². The summed E-state index contributed by atoms with van der Waals surface area (Å²) < 4.78 is 0.